The van der Waals surface area contributed by atoms with Gasteiger partial charge in [0, 0.05) is 6.54 Å². The Hall–Kier alpha value is -3.02. The number of methoxy groups -OCH3 is 1. The van der Waals surface area contributed by atoms with Crippen molar-refractivity contribution in [3.63, 3.8) is 0 Å². The average Bonchev–Trinajstić information content (AvgIpc) is 3.04. The molecule has 3 aromatic rings. The number of para-hydroxylation sites is 1. The first-order valence-corrected chi connectivity index (χ1v) is 8.65. The highest BCUT2D eigenvalue weighted by Gasteiger charge is 2.27. The van der Waals surface area contributed by atoms with Gasteiger partial charge in [0.2, 0.25) is 5.91 Å². The molecular formula is C20H21N3O3. The van der Waals surface area contributed by atoms with Crippen molar-refractivity contribution in [2.75, 3.05) is 13.7 Å². The van der Waals surface area contributed by atoms with Crippen LogP contribution in [0.1, 0.15) is 17.0 Å². The molecule has 6 nitrogen and oxygen atoms in total. The van der Waals surface area contributed by atoms with Crippen LogP contribution >= 0.6 is 0 Å². The van der Waals surface area contributed by atoms with E-state index >= 15 is 0 Å². The highest BCUT2D eigenvalue weighted by atomic mass is 16.5. The maximum Gasteiger partial charge on any atom is 0.227 e. The Balaban J connectivity index is 1.41. The largest absolute Gasteiger partial charge is 0.493 e. The van der Waals surface area contributed by atoms with E-state index in [1.54, 1.807) is 7.11 Å². The van der Waals surface area contributed by atoms with Crippen molar-refractivity contribution in [1.29, 1.82) is 0 Å². The number of nitrogens with one attached hydrogen (secondary N) is 2. The third-order valence-electron chi connectivity index (χ3n) is 4.68. The first kappa shape index (κ1) is 16.4. The number of rotatable bonds is 4. The molecule has 0 unspecified atom stereocenters. The number of aromatic nitrogens is 2. The summed E-state index contributed by atoms with van der Waals surface area (Å²) in [6, 6.07) is 11.7. The molecule has 0 radical (unpaired) electrons. The van der Waals surface area contributed by atoms with Crippen molar-refractivity contribution < 1.29 is 14.3 Å². The molecule has 26 heavy (non-hydrogen) atoms. The fourth-order valence-electron chi connectivity index (χ4n) is 3.35. The molecule has 2 heterocycles. The van der Waals surface area contributed by atoms with Crippen molar-refractivity contribution in [1.82, 2.24) is 15.3 Å². The number of imidazole rings is 1. The number of amides is 1. The maximum absolute atomic E-state index is 12.6. The van der Waals surface area contributed by atoms with E-state index in [1.165, 1.54) is 0 Å². The highest BCUT2D eigenvalue weighted by molar-refractivity contribution is 5.80. The van der Waals surface area contributed by atoms with Crippen LogP contribution in [0, 0.1) is 12.8 Å². The third-order valence-corrected chi connectivity index (χ3v) is 4.68. The predicted molar refractivity (Wildman–Crippen MR) is 98.4 cm³/mol. The summed E-state index contributed by atoms with van der Waals surface area (Å²) in [4.78, 5) is 20.2. The van der Waals surface area contributed by atoms with Crippen molar-refractivity contribution in [2.24, 2.45) is 5.92 Å². The molecule has 0 saturated heterocycles. The van der Waals surface area contributed by atoms with E-state index in [2.05, 4.69) is 15.3 Å². The topological polar surface area (TPSA) is 76.2 Å². The number of aromatic amines is 1. The van der Waals surface area contributed by atoms with Gasteiger partial charge < -0.3 is 19.8 Å². The van der Waals surface area contributed by atoms with E-state index in [4.69, 9.17) is 9.47 Å². The number of benzene rings is 2. The van der Waals surface area contributed by atoms with Gasteiger partial charge in [0.05, 0.1) is 24.1 Å². The van der Waals surface area contributed by atoms with E-state index in [1.807, 2.05) is 43.3 Å². The summed E-state index contributed by atoms with van der Waals surface area (Å²) in [5.74, 6) is 2.14. The van der Waals surface area contributed by atoms with Crippen molar-refractivity contribution in [3.8, 4) is 11.5 Å². The van der Waals surface area contributed by atoms with E-state index < -0.39 is 0 Å². The smallest absolute Gasteiger partial charge is 0.227 e. The number of hydrogen-bond acceptors (Lipinski definition) is 4. The molecule has 1 aromatic heterocycles. The van der Waals surface area contributed by atoms with Gasteiger partial charge in [-0.25, -0.2) is 4.98 Å². The summed E-state index contributed by atoms with van der Waals surface area (Å²) in [5, 5.41) is 3.02. The second-order valence-corrected chi connectivity index (χ2v) is 6.55. The molecule has 1 amide bonds. The molecule has 1 atom stereocenters. The fourth-order valence-corrected chi connectivity index (χ4v) is 3.35. The van der Waals surface area contributed by atoms with Crippen LogP contribution in [-0.2, 0) is 17.8 Å². The lowest BCUT2D eigenvalue weighted by molar-refractivity contribution is -0.126. The predicted octanol–water partition coefficient (Wildman–Crippen LogP) is 2.75. The Morgan fingerprint density at radius 3 is 3.12 bits per heavy atom. The molecule has 0 fully saturated rings. The van der Waals surface area contributed by atoms with E-state index in [0.717, 1.165) is 33.7 Å². The molecule has 2 aromatic carbocycles. The first-order valence-electron chi connectivity index (χ1n) is 8.65. The standard InChI is InChI=1S/C20H21N3O3/c1-12-22-16-7-6-13(8-17(16)23-12)10-21-20(24)15-9-14-4-3-5-18(25-2)19(14)26-11-15/h3-8,15H,9-11H2,1-2H3,(H,21,24)(H,22,23)/t15-/m0/s1. The first-order chi connectivity index (χ1) is 12.6. The zero-order chi connectivity index (χ0) is 18.1. The minimum absolute atomic E-state index is 0.000594. The van der Waals surface area contributed by atoms with Crippen LogP contribution in [0.5, 0.6) is 11.5 Å². The number of nitrogens with zero attached hydrogens (tertiary/aromatic N) is 1. The van der Waals surface area contributed by atoms with Crippen LogP contribution in [0.4, 0.5) is 0 Å². The molecule has 134 valence electrons. The van der Waals surface area contributed by atoms with Gasteiger partial charge in [-0.15, -0.1) is 0 Å². The summed E-state index contributed by atoms with van der Waals surface area (Å²) in [6.45, 7) is 2.77. The Labute approximate surface area is 151 Å². The molecule has 0 bridgehead atoms. The summed E-state index contributed by atoms with van der Waals surface area (Å²) < 4.78 is 11.1. The second-order valence-electron chi connectivity index (χ2n) is 6.55. The number of carbonyl (C=O) groups is 1. The Morgan fingerprint density at radius 2 is 2.27 bits per heavy atom. The Bertz CT molecular complexity index is 964. The molecule has 1 aliphatic rings. The number of hydrogen-bond donors (Lipinski definition) is 2. The summed E-state index contributed by atoms with van der Waals surface area (Å²) in [7, 11) is 1.62. The van der Waals surface area contributed by atoms with Crippen LogP contribution < -0.4 is 14.8 Å². The monoisotopic (exact) mass is 351 g/mol. The minimum atomic E-state index is -0.201. The quantitative estimate of drug-likeness (QED) is 0.758. The summed E-state index contributed by atoms with van der Waals surface area (Å²) in [5.41, 5.74) is 3.96. The molecule has 1 aliphatic heterocycles. The van der Waals surface area contributed by atoms with Crippen LogP contribution in [0.25, 0.3) is 11.0 Å². The summed E-state index contributed by atoms with van der Waals surface area (Å²) >= 11 is 0. The lowest BCUT2D eigenvalue weighted by Gasteiger charge is -2.25. The van der Waals surface area contributed by atoms with Gasteiger partial charge in [-0.3, -0.25) is 4.79 Å². The van der Waals surface area contributed by atoms with Gasteiger partial charge in [0.1, 0.15) is 12.4 Å². The molecule has 0 spiro atoms. The van der Waals surface area contributed by atoms with Crippen molar-refractivity contribution in [3.05, 3.63) is 53.3 Å². The molecule has 4 rings (SSSR count). The van der Waals surface area contributed by atoms with Crippen LogP contribution in [0.2, 0.25) is 0 Å². The highest BCUT2D eigenvalue weighted by Crippen LogP contribution is 2.36. The number of ether oxygens (including phenoxy) is 2. The van der Waals surface area contributed by atoms with Gasteiger partial charge in [0.25, 0.3) is 0 Å². The zero-order valence-electron chi connectivity index (χ0n) is 14.8. The van der Waals surface area contributed by atoms with Crippen molar-refractivity contribution in [2.45, 2.75) is 19.9 Å². The number of fused-ring (bicyclic) bond motifs is 2. The van der Waals surface area contributed by atoms with Gasteiger partial charge in [-0.2, -0.15) is 0 Å². The van der Waals surface area contributed by atoms with Crippen LogP contribution in [0.15, 0.2) is 36.4 Å². The van der Waals surface area contributed by atoms with E-state index in [0.29, 0.717) is 25.3 Å². The fraction of sp³-hybridized carbons (Fsp3) is 0.300. The van der Waals surface area contributed by atoms with Gasteiger partial charge in [-0.1, -0.05) is 18.2 Å². The van der Waals surface area contributed by atoms with Crippen molar-refractivity contribution >= 4 is 16.9 Å². The third kappa shape index (κ3) is 3.10. The maximum atomic E-state index is 12.6. The van der Waals surface area contributed by atoms with Crippen LogP contribution in [-0.4, -0.2) is 29.6 Å². The van der Waals surface area contributed by atoms with E-state index in [-0.39, 0.29) is 11.8 Å². The molecular weight excluding hydrogens is 330 g/mol. The normalized spacial score (nSPS) is 16.0. The second kappa shape index (κ2) is 6.71. The zero-order valence-corrected chi connectivity index (χ0v) is 14.8. The molecule has 6 heteroatoms. The van der Waals surface area contributed by atoms with Crippen LogP contribution in [0.3, 0.4) is 0 Å². The molecule has 0 aliphatic carbocycles. The molecule has 2 N–H and O–H groups in total. The Morgan fingerprint density at radius 1 is 1.38 bits per heavy atom. The number of aryl methyl sites for hydroxylation is 1. The van der Waals surface area contributed by atoms with E-state index in [9.17, 15) is 4.79 Å². The van der Waals surface area contributed by atoms with Gasteiger partial charge >= 0.3 is 0 Å². The Kier molecular flexibility index (Phi) is 4.24. The SMILES string of the molecule is COc1cccc2c1OC[C@@H](C(=O)NCc1ccc3nc(C)[nH]c3c1)C2. The number of carbonyl (C=O) groups excluding carboxylic acids is 1. The molecule has 0 saturated carbocycles. The average molecular weight is 351 g/mol. The lowest BCUT2D eigenvalue weighted by atomic mass is 9.95. The lowest BCUT2D eigenvalue weighted by Crippen LogP contribution is -2.37. The minimum Gasteiger partial charge on any atom is -0.493 e. The van der Waals surface area contributed by atoms with Gasteiger partial charge in [-0.05, 0) is 42.7 Å². The van der Waals surface area contributed by atoms with Gasteiger partial charge in [0.15, 0.2) is 11.5 Å². The summed E-state index contributed by atoms with van der Waals surface area (Å²) in [6.07, 6.45) is 0.650. The number of H-pyrrole nitrogens is 1.